The number of nitrogens with one attached hydrogen (secondary N) is 1. The predicted octanol–water partition coefficient (Wildman–Crippen LogP) is 2.75. The standard InChI is InChI=1S/C16H26N2O2S/c1-14(2)17-13-15-7-9-16(10-8-15)21(19,20)18-11-5-3-4-6-12-18/h7-10,14,17H,3-6,11-13H2,1-2H3. The quantitative estimate of drug-likeness (QED) is 0.910. The van der Waals surface area contributed by atoms with E-state index in [-0.39, 0.29) is 0 Å². The van der Waals surface area contributed by atoms with Crippen molar-refractivity contribution in [2.75, 3.05) is 13.1 Å². The van der Waals surface area contributed by atoms with E-state index in [4.69, 9.17) is 0 Å². The monoisotopic (exact) mass is 310 g/mol. The molecule has 0 unspecified atom stereocenters. The Hall–Kier alpha value is -0.910. The Labute approximate surface area is 128 Å². The molecule has 118 valence electrons. The highest BCUT2D eigenvalue weighted by molar-refractivity contribution is 7.89. The van der Waals surface area contributed by atoms with Crippen LogP contribution in [-0.4, -0.2) is 31.9 Å². The van der Waals surface area contributed by atoms with Crippen LogP contribution in [0.5, 0.6) is 0 Å². The third kappa shape index (κ3) is 4.53. The van der Waals surface area contributed by atoms with Gasteiger partial charge in [0, 0.05) is 25.7 Å². The Kier molecular flexibility index (Phi) is 5.79. The first-order valence-corrected chi connectivity index (χ1v) is 9.26. The summed E-state index contributed by atoms with van der Waals surface area (Å²) in [5, 5.41) is 3.33. The third-order valence-electron chi connectivity index (χ3n) is 3.84. The summed E-state index contributed by atoms with van der Waals surface area (Å²) >= 11 is 0. The maximum Gasteiger partial charge on any atom is 0.243 e. The van der Waals surface area contributed by atoms with E-state index in [0.717, 1.165) is 37.8 Å². The molecule has 0 bridgehead atoms. The van der Waals surface area contributed by atoms with Crippen LogP contribution in [0.25, 0.3) is 0 Å². The van der Waals surface area contributed by atoms with E-state index in [2.05, 4.69) is 19.2 Å². The van der Waals surface area contributed by atoms with Gasteiger partial charge in [-0.15, -0.1) is 0 Å². The number of benzene rings is 1. The van der Waals surface area contributed by atoms with Gasteiger partial charge < -0.3 is 5.32 Å². The molecule has 0 spiro atoms. The highest BCUT2D eigenvalue weighted by atomic mass is 32.2. The Morgan fingerprint density at radius 1 is 1.05 bits per heavy atom. The minimum Gasteiger partial charge on any atom is -0.310 e. The van der Waals surface area contributed by atoms with Gasteiger partial charge >= 0.3 is 0 Å². The average molecular weight is 310 g/mol. The van der Waals surface area contributed by atoms with Gasteiger partial charge in [0.05, 0.1) is 4.90 Å². The van der Waals surface area contributed by atoms with E-state index in [0.29, 0.717) is 24.0 Å². The zero-order valence-electron chi connectivity index (χ0n) is 13.0. The zero-order chi connectivity index (χ0) is 15.3. The second kappa shape index (κ2) is 7.38. The Bertz CT molecular complexity index is 530. The van der Waals surface area contributed by atoms with E-state index in [1.165, 1.54) is 0 Å². The molecule has 2 rings (SSSR count). The predicted molar refractivity (Wildman–Crippen MR) is 85.6 cm³/mol. The summed E-state index contributed by atoms with van der Waals surface area (Å²) in [6.45, 7) is 6.26. The smallest absolute Gasteiger partial charge is 0.243 e. The van der Waals surface area contributed by atoms with Crippen LogP contribution in [0.1, 0.15) is 45.1 Å². The molecule has 1 aliphatic heterocycles. The molecular formula is C16H26N2O2S. The van der Waals surface area contributed by atoms with Gasteiger partial charge in [-0.2, -0.15) is 4.31 Å². The van der Waals surface area contributed by atoms with Gasteiger partial charge in [0.2, 0.25) is 10.0 Å². The topological polar surface area (TPSA) is 49.4 Å². The van der Waals surface area contributed by atoms with Crippen LogP contribution < -0.4 is 5.32 Å². The van der Waals surface area contributed by atoms with Crippen LogP contribution >= 0.6 is 0 Å². The van der Waals surface area contributed by atoms with Gasteiger partial charge in [0.15, 0.2) is 0 Å². The van der Waals surface area contributed by atoms with Gasteiger partial charge in [0.1, 0.15) is 0 Å². The normalized spacial score (nSPS) is 17.9. The molecule has 0 atom stereocenters. The molecule has 0 amide bonds. The van der Waals surface area contributed by atoms with Crippen LogP contribution in [0.2, 0.25) is 0 Å². The Morgan fingerprint density at radius 2 is 1.62 bits per heavy atom. The Balaban J connectivity index is 2.09. The molecule has 1 aromatic rings. The minimum absolute atomic E-state index is 0.415. The van der Waals surface area contributed by atoms with Crippen LogP contribution in [0.15, 0.2) is 29.2 Å². The van der Waals surface area contributed by atoms with Crippen LogP contribution in [-0.2, 0) is 16.6 Å². The van der Waals surface area contributed by atoms with Crippen molar-refractivity contribution in [2.24, 2.45) is 0 Å². The van der Waals surface area contributed by atoms with Crippen molar-refractivity contribution in [2.45, 2.75) is 57.0 Å². The first-order chi connectivity index (χ1) is 10.00. The molecule has 0 aromatic heterocycles. The SMILES string of the molecule is CC(C)NCc1ccc(S(=O)(=O)N2CCCCCC2)cc1. The zero-order valence-corrected chi connectivity index (χ0v) is 13.8. The van der Waals surface area contributed by atoms with Gasteiger partial charge in [-0.1, -0.05) is 38.8 Å². The Morgan fingerprint density at radius 3 is 2.14 bits per heavy atom. The highest BCUT2D eigenvalue weighted by Gasteiger charge is 2.24. The number of hydrogen-bond acceptors (Lipinski definition) is 3. The lowest BCUT2D eigenvalue weighted by atomic mass is 10.2. The van der Waals surface area contributed by atoms with E-state index in [9.17, 15) is 8.42 Å². The van der Waals surface area contributed by atoms with Gasteiger partial charge in [-0.05, 0) is 30.5 Å². The van der Waals surface area contributed by atoms with Crippen molar-refractivity contribution in [1.29, 1.82) is 0 Å². The van der Waals surface area contributed by atoms with Crippen molar-refractivity contribution in [3.05, 3.63) is 29.8 Å². The number of nitrogens with zero attached hydrogens (tertiary/aromatic N) is 1. The molecule has 1 heterocycles. The van der Waals surface area contributed by atoms with E-state index < -0.39 is 10.0 Å². The lowest BCUT2D eigenvalue weighted by Crippen LogP contribution is -2.31. The summed E-state index contributed by atoms with van der Waals surface area (Å²) in [7, 11) is -3.32. The maximum absolute atomic E-state index is 12.6. The highest BCUT2D eigenvalue weighted by Crippen LogP contribution is 2.20. The summed E-state index contributed by atoms with van der Waals surface area (Å²) < 4.78 is 26.9. The second-order valence-corrected chi connectivity index (χ2v) is 7.94. The molecule has 1 saturated heterocycles. The molecule has 5 heteroatoms. The van der Waals surface area contributed by atoms with Crippen molar-refractivity contribution < 1.29 is 8.42 Å². The molecule has 1 N–H and O–H groups in total. The number of hydrogen-bond donors (Lipinski definition) is 1. The summed E-state index contributed by atoms with van der Waals surface area (Å²) in [6, 6.07) is 7.69. The molecule has 1 aromatic carbocycles. The minimum atomic E-state index is -3.32. The molecule has 21 heavy (non-hydrogen) atoms. The average Bonchev–Trinajstić information content (AvgIpc) is 2.75. The lowest BCUT2D eigenvalue weighted by molar-refractivity contribution is 0.423. The van der Waals surface area contributed by atoms with Crippen LogP contribution in [0.4, 0.5) is 0 Å². The van der Waals surface area contributed by atoms with Crippen molar-refractivity contribution in [3.8, 4) is 0 Å². The second-order valence-electron chi connectivity index (χ2n) is 6.00. The van der Waals surface area contributed by atoms with E-state index in [1.807, 2.05) is 12.1 Å². The van der Waals surface area contributed by atoms with E-state index >= 15 is 0 Å². The van der Waals surface area contributed by atoms with Crippen LogP contribution in [0.3, 0.4) is 0 Å². The number of sulfonamides is 1. The van der Waals surface area contributed by atoms with Crippen LogP contribution in [0, 0.1) is 0 Å². The summed E-state index contributed by atoms with van der Waals surface area (Å²) in [4.78, 5) is 0.415. The van der Waals surface area contributed by atoms with Gasteiger partial charge in [0.25, 0.3) is 0 Å². The first-order valence-electron chi connectivity index (χ1n) is 7.82. The summed E-state index contributed by atoms with van der Waals surface area (Å²) in [5.41, 5.74) is 1.11. The fourth-order valence-electron chi connectivity index (χ4n) is 2.53. The molecule has 1 aliphatic rings. The molecule has 0 saturated carbocycles. The maximum atomic E-state index is 12.6. The molecule has 0 aliphatic carbocycles. The fourth-order valence-corrected chi connectivity index (χ4v) is 4.05. The van der Waals surface area contributed by atoms with Gasteiger partial charge in [-0.3, -0.25) is 0 Å². The summed E-state index contributed by atoms with van der Waals surface area (Å²) in [6.07, 6.45) is 4.20. The summed E-state index contributed by atoms with van der Waals surface area (Å²) in [5.74, 6) is 0. The number of rotatable bonds is 5. The van der Waals surface area contributed by atoms with Crippen molar-refractivity contribution in [3.63, 3.8) is 0 Å². The first kappa shape index (κ1) is 16.5. The van der Waals surface area contributed by atoms with E-state index in [1.54, 1.807) is 16.4 Å². The lowest BCUT2D eigenvalue weighted by Gasteiger charge is -2.20. The third-order valence-corrected chi connectivity index (χ3v) is 5.75. The molecular weight excluding hydrogens is 284 g/mol. The molecule has 4 nitrogen and oxygen atoms in total. The van der Waals surface area contributed by atoms with Gasteiger partial charge in [-0.25, -0.2) is 8.42 Å². The van der Waals surface area contributed by atoms with Crippen molar-refractivity contribution in [1.82, 2.24) is 9.62 Å². The fraction of sp³-hybridized carbons (Fsp3) is 0.625. The largest absolute Gasteiger partial charge is 0.310 e. The van der Waals surface area contributed by atoms with Crippen molar-refractivity contribution >= 4 is 10.0 Å². The molecule has 0 radical (unpaired) electrons. The molecule has 1 fully saturated rings.